The Morgan fingerprint density at radius 2 is 1.79 bits per heavy atom. The van der Waals surface area contributed by atoms with Crippen LogP contribution in [0.4, 0.5) is 0 Å². The van der Waals surface area contributed by atoms with E-state index in [9.17, 15) is 14.4 Å². The van der Waals surface area contributed by atoms with Crippen LogP contribution in [0.2, 0.25) is 0 Å². The number of benzene rings is 1. The van der Waals surface area contributed by atoms with Gasteiger partial charge in [0.2, 0.25) is 17.9 Å². The molecule has 0 aliphatic carbocycles. The number of carbonyl (C=O) groups excluding carboxylic acids is 3. The molecular formula is C28H42N4O6. The van der Waals surface area contributed by atoms with Crippen molar-refractivity contribution >= 4 is 23.4 Å². The van der Waals surface area contributed by atoms with Gasteiger partial charge in [-0.2, -0.15) is 0 Å². The molecule has 2 atom stereocenters. The van der Waals surface area contributed by atoms with Crippen molar-refractivity contribution in [2.45, 2.75) is 52.7 Å². The van der Waals surface area contributed by atoms with Crippen LogP contribution in [0.3, 0.4) is 0 Å². The van der Waals surface area contributed by atoms with Crippen LogP contribution in [-0.2, 0) is 14.4 Å². The molecule has 0 radical (unpaired) electrons. The number of aliphatic hydroxyl groups excluding tert-OH is 1. The molecule has 3 amide bonds. The van der Waals surface area contributed by atoms with Crippen LogP contribution in [0.25, 0.3) is 0 Å². The second kappa shape index (κ2) is 24.4. The lowest BCUT2D eigenvalue weighted by atomic mass is 10.1. The minimum atomic E-state index is -0.837. The number of ether oxygens (including phenoxy) is 2. The molecule has 0 unspecified atom stereocenters. The normalized spacial score (nSPS) is 13.3. The number of fused-ring (bicyclic) bond motifs is 1. The number of hydrogen-bond acceptors (Lipinski definition) is 7. The lowest BCUT2D eigenvalue weighted by Gasteiger charge is -2.27. The molecule has 2 rings (SSSR count). The highest BCUT2D eigenvalue weighted by atomic mass is 16.6. The molecule has 0 saturated carbocycles. The molecular weight excluding hydrogens is 488 g/mol. The lowest BCUT2D eigenvalue weighted by molar-refractivity contribution is -0.139. The lowest BCUT2D eigenvalue weighted by Crippen LogP contribution is -2.51. The standard InChI is InChI=1S/C17H23N3O5.C5H9NO.C2H6.2C2H2/c1-3-6-11(16(18)22)20(2)15(21)9-19-17(23)14-10-24-12-7-4-5-8-13(12)25-14;1-3-6-5(2)4-7;3*1-2/h4-5,7-8,11,14H,3,6,9-10H2,1-2H3,(H2,18,22)(H,19,23);3,7H,1,4H2,2H3;1-2H3;2*1-2H/t11-,14-;;;;/m0..../s1. The molecule has 0 spiro atoms. The van der Waals surface area contributed by atoms with Gasteiger partial charge in [0.25, 0.3) is 5.91 Å². The maximum Gasteiger partial charge on any atom is 0.265 e. The van der Waals surface area contributed by atoms with Crippen LogP contribution in [0.1, 0.15) is 40.5 Å². The molecule has 0 aromatic heterocycles. The van der Waals surface area contributed by atoms with Gasteiger partial charge in [-0.05, 0) is 25.5 Å². The van der Waals surface area contributed by atoms with Gasteiger partial charge in [-0.15, -0.1) is 25.7 Å². The van der Waals surface area contributed by atoms with E-state index >= 15 is 0 Å². The van der Waals surface area contributed by atoms with Crippen molar-refractivity contribution in [2.75, 3.05) is 26.8 Å². The third kappa shape index (κ3) is 15.0. The predicted octanol–water partition coefficient (Wildman–Crippen LogP) is 2.16. The summed E-state index contributed by atoms with van der Waals surface area (Å²) in [5.41, 5.74) is 6.01. The fourth-order valence-corrected chi connectivity index (χ4v) is 2.72. The van der Waals surface area contributed by atoms with Gasteiger partial charge in [-0.3, -0.25) is 19.4 Å². The van der Waals surface area contributed by atoms with Gasteiger partial charge in [0, 0.05) is 19.0 Å². The number of likely N-dealkylation sites (N-methyl/N-ethyl adjacent to an activating group) is 1. The van der Waals surface area contributed by atoms with E-state index in [2.05, 4.69) is 42.6 Å². The zero-order valence-corrected chi connectivity index (χ0v) is 23.1. The maximum atomic E-state index is 12.2. The van der Waals surface area contributed by atoms with Crippen molar-refractivity contribution in [3.63, 3.8) is 0 Å². The van der Waals surface area contributed by atoms with Gasteiger partial charge in [0.1, 0.15) is 12.6 Å². The first-order chi connectivity index (χ1) is 18.2. The first kappa shape index (κ1) is 38.3. The van der Waals surface area contributed by atoms with Crippen LogP contribution in [0.15, 0.2) is 42.0 Å². The van der Waals surface area contributed by atoms with Crippen molar-refractivity contribution in [3.05, 3.63) is 37.0 Å². The quantitative estimate of drug-likeness (QED) is 0.330. The highest BCUT2D eigenvalue weighted by Gasteiger charge is 2.29. The molecule has 10 heteroatoms. The van der Waals surface area contributed by atoms with Gasteiger partial charge in [0.15, 0.2) is 11.5 Å². The van der Waals surface area contributed by atoms with Gasteiger partial charge >= 0.3 is 0 Å². The number of para-hydroxylation sites is 2. The molecule has 10 nitrogen and oxygen atoms in total. The topological polar surface area (TPSA) is 144 Å². The predicted molar refractivity (Wildman–Crippen MR) is 152 cm³/mol. The van der Waals surface area contributed by atoms with E-state index in [0.29, 0.717) is 30.1 Å². The smallest absolute Gasteiger partial charge is 0.265 e. The Balaban J connectivity index is -0.000000797. The number of nitrogens with zero attached hydrogens (tertiary/aromatic N) is 2. The molecule has 4 N–H and O–H groups in total. The summed E-state index contributed by atoms with van der Waals surface area (Å²) in [5, 5.41) is 10.8. The Bertz CT molecular complexity index is 905. The van der Waals surface area contributed by atoms with Crippen molar-refractivity contribution in [2.24, 2.45) is 10.7 Å². The zero-order valence-electron chi connectivity index (χ0n) is 23.1. The average molecular weight is 531 g/mol. The highest BCUT2D eigenvalue weighted by molar-refractivity contribution is 5.90. The first-order valence-electron chi connectivity index (χ1n) is 11.9. The fourth-order valence-electron chi connectivity index (χ4n) is 2.72. The second-order valence-electron chi connectivity index (χ2n) is 7.00. The van der Waals surface area contributed by atoms with Gasteiger partial charge in [-0.25, -0.2) is 0 Å². The summed E-state index contributed by atoms with van der Waals surface area (Å²) in [6.07, 6.45) is 17.8. The Hall–Kier alpha value is -4.28. The third-order valence-electron chi connectivity index (χ3n) is 4.51. The number of nitrogens with two attached hydrogens (primary N) is 1. The first-order valence-corrected chi connectivity index (χ1v) is 11.9. The summed E-state index contributed by atoms with van der Waals surface area (Å²) < 4.78 is 11.0. The van der Waals surface area contributed by atoms with E-state index in [4.69, 9.17) is 20.3 Å². The summed E-state index contributed by atoms with van der Waals surface area (Å²) in [5.74, 6) is -0.366. The van der Waals surface area contributed by atoms with Crippen molar-refractivity contribution in [1.29, 1.82) is 0 Å². The van der Waals surface area contributed by atoms with Crippen molar-refractivity contribution < 1.29 is 29.0 Å². The molecule has 0 saturated heterocycles. The fraction of sp³-hybridized carbons (Fsp3) is 0.429. The minimum Gasteiger partial charge on any atom is -0.485 e. The molecule has 38 heavy (non-hydrogen) atoms. The van der Waals surface area contributed by atoms with E-state index < -0.39 is 29.9 Å². The molecule has 210 valence electrons. The molecule has 0 bridgehead atoms. The Kier molecular flexibility index (Phi) is 24.6. The number of primary amides is 1. The van der Waals surface area contributed by atoms with Crippen LogP contribution in [0, 0.1) is 25.7 Å². The van der Waals surface area contributed by atoms with Crippen LogP contribution >= 0.6 is 0 Å². The van der Waals surface area contributed by atoms with E-state index in [1.807, 2.05) is 26.8 Å². The number of rotatable bonds is 9. The summed E-state index contributed by atoms with van der Waals surface area (Å²) in [6, 6.07) is 6.35. The SMILES string of the molecule is C#C.C#C.C=CN=C(C)CO.CC.CCC[C@@H](C(N)=O)N(C)C(=O)CNC(=O)[C@@H]1COc2ccccc2O1. The highest BCUT2D eigenvalue weighted by Crippen LogP contribution is 2.30. The zero-order chi connectivity index (χ0) is 30.1. The summed E-state index contributed by atoms with van der Waals surface area (Å²) >= 11 is 0. The monoisotopic (exact) mass is 530 g/mol. The second-order valence-corrected chi connectivity index (χ2v) is 7.00. The summed E-state index contributed by atoms with van der Waals surface area (Å²) in [7, 11) is 1.50. The van der Waals surface area contributed by atoms with Crippen molar-refractivity contribution in [1.82, 2.24) is 10.2 Å². The number of nitrogens with one attached hydrogen (secondary N) is 1. The Labute approximate surface area is 227 Å². The largest absolute Gasteiger partial charge is 0.485 e. The number of aliphatic imine (C=N–C) groups is 1. The number of hydrogen-bond donors (Lipinski definition) is 3. The summed E-state index contributed by atoms with van der Waals surface area (Å²) in [6.45, 7) is 10.8. The number of aliphatic hydroxyl groups is 1. The van der Waals surface area contributed by atoms with E-state index in [0.717, 1.165) is 0 Å². The minimum absolute atomic E-state index is 0.0199. The van der Waals surface area contributed by atoms with E-state index in [1.54, 1.807) is 25.1 Å². The van der Waals surface area contributed by atoms with Crippen molar-refractivity contribution in [3.8, 4) is 37.2 Å². The van der Waals surface area contributed by atoms with Crippen LogP contribution < -0.4 is 20.5 Å². The van der Waals surface area contributed by atoms with Gasteiger partial charge in [-0.1, -0.05) is 45.9 Å². The van der Waals surface area contributed by atoms with E-state index in [-0.39, 0.29) is 19.8 Å². The molecule has 0 fully saturated rings. The number of carbonyl (C=O) groups is 3. The third-order valence-corrected chi connectivity index (χ3v) is 4.51. The van der Waals surface area contributed by atoms with E-state index in [1.165, 1.54) is 18.1 Å². The maximum absolute atomic E-state index is 12.2. The average Bonchev–Trinajstić information content (AvgIpc) is 2.97. The molecule has 1 aliphatic heterocycles. The summed E-state index contributed by atoms with van der Waals surface area (Å²) in [4.78, 5) is 40.7. The van der Waals surface area contributed by atoms with Crippen LogP contribution in [0.5, 0.6) is 11.5 Å². The molecule has 1 heterocycles. The van der Waals surface area contributed by atoms with Crippen LogP contribution in [-0.4, -0.2) is 72.4 Å². The Morgan fingerprint density at radius 3 is 2.24 bits per heavy atom. The van der Waals surface area contributed by atoms with Gasteiger partial charge in [0.05, 0.1) is 13.2 Å². The number of terminal acetylenes is 2. The number of amides is 3. The Morgan fingerprint density at radius 1 is 1.24 bits per heavy atom. The molecule has 1 aromatic carbocycles. The molecule has 1 aromatic rings. The van der Waals surface area contributed by atoms with Gasteiger partial charge < -0.3 is 30.5 Å². The molecule has 1 aliphatic rings.